The second-order valence-electron chi connectivity index (χ2n) is 8.54. The molecule has 35 heavy (non-hydrogen) atoms. The SMILES string of the molecule is COc1ccc(-n2nc(C)c3sc(N(C)CC(=O)N4CCN(c5ccc(F)cc5)CC4)nc32)cc1. The summed E-state index contributed by atoms with van der Waals surface area (Å²) in [6.07, 6.45) is 0. The maximum Gasteiger partial charge on any atom is 0.242 e. The van der Waals surface area contributed by atoms with E-state index in [1.807, 2.05) is 52.7 Å². The van der Waals surface area contributed by atoms with Crippen LogP contribution in [-0.4, -0.2) is 72.5 Å². The molecule has 0 bridgehead atoms. The molecular formula is C25H27FN6O2S. The number of carbonyl (C=O) groups is 1. The van der Waals surface area contributed by atoms with Gasteiger partial charge in [0.25, 0.3) is 0 Å². The fraction of sp³-hybridized carbons (Fsp3) is 0.320. The molecule has 1 aliphatic rings. The van der Waals surface area contributed by atoms with Gasteiger partial charge in [-0.1, -0.05) is 11.3 Å². The van der Waals surface area contributed by atoms with E-state index in [9.17, 15) is 9.18 Å². The predicted molar refractivity (Wildman–Crippen MR) is 136 cm³/mol. The van der Waals surface area contributed by atoms with Crippen LogP contribution in [0.2, 0.25) is 0 Å². The lowest BCUT2D eigenvalue weighted by molar-refractivity contribution is -0.129. The second-order valence-corrected chi connectivity index (χ2v) is 9.52. The van der Waals surface area contributed by atoms with Gasteiger partial charge in [-0.15, -0.1) is 0 Å². The Labute approximate surface area is 207 Å². The van der Waals surface area contributed by atoms with Crippen molar-refractivity contribution in [2.24, 2.45) is 0 Å². The van der Waals surface area contributed by atoms with E-state index in [1.54, 1.807) is 19.2 Å². The number of aryl methyl sites for hydroxylation is 1. The average Bonchev–Trinajstić information content (AvgIpc) is 3.45. The number of hydrogen-bond donors (Lipinski definition) is 0. The number of anilines is 2. The number of fused-ring (bicyclic) bond motifs is 1. The van der Waals surface area contributed by atoms with Gasteiger partial charge in [0.1, 0.15) is 11.6 Å². The van der Waals surface area contributed by atoms with Crippen molar-refractivity contribution in [1.82, 2.24) is 19.7 Å². The number of thiazole rings is 1. The molecule has 0 N–H and O–H groups in total. The molecule has 8 nitrogen and oxygen atoms in total. The third kappa shape index (κ3) is 4.66. The van der Waals surface area contributed by atoms with E-state index in [2.05, 4.69) is 10.00 Å². The zero-order valence-corrected chi connectivity index (χ0v) is 20.8. The number of ether oxygens (including phenoxy) is 1. The van der Waals surface area contributed by atoms with Gasteiger partial charge in [-0.05, 0) is 55.5 Å². The van der Waals surface area contributed by atoms with Crippen molar-refractivity contribution in [3.63, 3.8) is 0 Å². The Morgan fingerprint density at radius 1 is 1.06 bits per heavy atom. The first kappa shape index (κ1) is 23.1. The Kier molecular flexibility index (Phi) is 6.29. The van der Waals surface area contributed by atoms with Crippen molar-refractivity contribution in [1.29, 1.82) is 0 Å². The van der Waals surface area contributed by atoms with Gasteiger partial charge in [0.2, 0.25) is 5.91 Å². The van der Waals surface area contributed by atoms with Crippen molar-refractivity contribution in [2.75, 3.05) is 56.7 Å². The predicted octanol–water partition coefficient (Wildman–Crippen LogP) is 3.72. The maximum atomic E-state index is 13.2. The Balaban J connectivity index is 1.25. The first-order chi connectivity index (χ1) is 16.9. The zero-order chi connectivity index (χ0) is 24.5. The molecule has 4 aromatic rings. The maximum absolute atomic E-state index is 13.2. The second kappa shape index (κ2) is 9.53. The van der Waals surface area contributed by atoms with E-state index in [0.717, 1.165) is 51.4 Å². The number of likely N-dealkylation sites (N-methyl/N-ethyl adjacent to an activating group) is 1. The summed E-state index contributed by atoms with van der Waals surface area (Å²) in [5.41, 5.74) is 3.56. The molecule has 0 spiro atoms. The van der Waals surface area contributed by atoms with Crippen molar-refractivity contribution in [3.05, 3.63) is 60.0 Å². The minimum atomic E-state index is -0.243. The molecule has 2 aromatic heterocycles. The van der Waals surface area contributed by atoms with E-state index in [1.165, 1.54) is 23.5 Å². The Morgan fingerprint density at radius 3 is 2.37 bits per heavy atom. The largest absolute Gasteiger partial charge is 0.497 e. The number of methoxy groups -OCH3 is 1. The molecule has 1 fully saturated rings. The van der Waals surface area contributed by atoms with E-state index in [-0.39, 0.29) is 18.3 Å². The van der Waals surface area contributed by atoms with Gasteiger partial charge >= 0.3 is 0 Å². The molecule has 0 unspecified atom stereocenters. The molecular weight excluding hydrogens is 467 g/mol. The Hall–Kier alpha value is -3.66. The normalized spacial score (nSPS) is 13.9. The van der Waals surface area contributed by atoms with Gasteiger partial charge in [0.15, 0.2) is 10.8 Å². The third-order valence-corrected chi connectivity index (χ3v) is 7.48. The quantitative estimate of drug-likeness (QED) is 0.407. The molecule has 1 saturated heterocycles. The minimum Gasteiger partial charge on any atom is -0.497 e. The van der Waals surface area contributed by atoms with E-state index < -0.39 is 0 Å². The monoisotopic (exact) mass is 494 g/mol. The standard InChI is InChI=1S/C25H27FN6O2S/c1-17-23-24(32(28-17)20-8-10-21(34-3)11-9-20)27-25(35-23)29(2)16-22(33)31-14-12-30(13-15-31)19-6-4-18(26)5-7-19/h4-11H,12-16H2,1-3H3. The van der Waals surface area contributed by atoms with Crippen LogP contribution in [0.5, 0.6) is 5.75 Å². The molecule has 0 radical (unpaired) electrons. The summed E-state index contributed by atoms with van der Waals surface area (Å²) in [6.45, 7) is 4.93. The lowest BCUT2D eigenvalue weighted by Gasteiger charge is -2.36. The van der Waals surface area contributed by atoms with Crippen LogP contribution >= 0.6 is 11.3 Å². The number of carbonyl (C=O) groups excluding carboxylic acids is 1. The molecule has 1 aliphatic heterocycles. The molecule has 0 atom stereocenters. The zero-order valence-electron chi connectivity index (χ0n) is 19.9. The highest BCUT2D eigenvalue weighted by Crippen LogP contribution is 2.32. The number of benzene rings is 2. The highest BCUT2D eigenvalue weighted by molar-refractivity contribution is 7.22. The summed E-state index contributed by atoms with van der Waals surface area (Å²) in [6, 6.07) is 14.2. The average molecular weight is 495 g/mol. The smallest absolute Gasteiger partial charge is 0.242 e. The summed E-state index contributed by atoms with van der Waals surface area (Å²) < 4.78 is 21.3. The van der Waals surface area contributed by atoms with Crippen LogP contribution in [0.1, 0.15) is 5.69 Å². The van der Waals surface area contributed by atoms with Gasteiger partial charge in [0.05, 0.1) is 29.7 Å². The van der Waals surface area contributed by atoms with Gasteiger partial charge < -0.3 is 19.4 Å². The van der Waals surface area contributed by atoms with Crippen LogP contribution in [0.3, 0.4) is 0 Å². The van der Waals surface area contributed by atoms with Crippen LogP contribution in [0.15, 0.2) is 48.5 Å². The first-order valence-corrected chi connectivity index (χ1v) is 12.2. The lowest BCUT2D eigenvalue weighted by Crippen LogP contribution is -2.51. The van der Waals surface area contributed by atoms with Crippen LogP contribution < -0.4 is 14.5 Å². The summed E-state index contributed by atoms with van der Waals surface area (Å²) in [4.78, 5) is 23.8. The molecule has 3 heterocycles. The molecule has 182 valence electrons. The molecule has 0 saturated carbocycles. The summed E-state index contributed by atoms with van der Waals surface area (Å²) in [7, 11) is 3.53. The number of piperazine rings is 1. The molecule has 2 aromatic carbocycles. The number of aromatic nitrogens is 3. The fourth-order valence-corrected chi connectivity index (χ4v) is 5.17. The highest BCUT2D eigenvalue weighted by atomic mass is 32.1. The molecule has 10 heteroatoms. The van der Waals surface area contributed by atoms with Crippen molar-refractivity contribution in [3.8, 4) is 11.4 Å². The van der Waals surface area contributed by atoms with Crippen LogP contribution in [0.4, 0.5) is 15.2 Å². The number of halogens is 1. The first-order valence-electron chi connectivity index (χ1n) is 11.4. The van der Waals surface area contributed by atoms with Crippen molar-refractivity contribution >= 4 is 38.4 Å². The van der Waals surface area contributed by atoms with E-state index in [4.69, 9.17) is 9.72 Å². The fourth-order valence-electron chi connectivity index (χ4n) is 4.23. The highest BCUT2D eigenvalue weighted by Gasteiger charge is 2.24. The Morgan fingerprint density at radius 2 is 1.71 bits per heavy atom. The van der Waals surface area contributed by atoms with E-state index in [0.29, 0.717) is 13.1 Å². The minimum absolute atomic E-state index is 0.0685. The van der Waals surface area contributed by atoms with Crippen LogP contribution in [-0.2, 0) is 4.79 Å². The lowest BCUT2D eigenvalue weighted by atomic mass is 10.2. The van der Waals surface area contributed by atoms with Gasteiger partial charge in [-0.3, -0.25) is 4.79 Å². The van der Waals surface area contributed by atoms with Gasteiger partial charge in [-0.25, -0.2) is 9.07 Å². The van der Waals surface area contributed by atoms with Gasteiger partial charge in [0, 0.05) is 38.9 Å². The number of rotatable bonds is 6. The Bertz CT molecular complexity index is 1330. The molecule has 5 rings (SSSR count). The summed E-state index contributed by atoms with van der Waals surface area (Å²) >= 11 is 1.54. The third-order valence-electron chi connectivity index (χ3n) is 6.22. The van der Waals surface area contributed by atoms with Crippen molar-refractivity contribution < 1.29 is 13.9 Å². The number of nitrogens with zero attached hydrogens (tertiary/aromatic N) is 6. The summed E-state index contributed by atoms with van der Waals surface area (Å²) in [5.74, 6) is 0.607. The van der Waals surface area contributed by atoms with Crippen molar-refractivity contribution in [2.45, 2.75) is 6.92 Å². The topological polar surface area (TPSA) is 66.7 Å². The molecule has 1 amide bonds. The number of hydrogen-bond acceptors (Lipinski definition) is 7. The van der Waals surface area contributed by atoms with Gasteiger partial charge in [-0.2, -0.15) is 10.1 Å². The van der Waals surface area contributed by atoms with Crippen LogP contribution in [0.25, 0.3) is 16.0 Å². The van der Waals surface area contributed by atoms with E-state index >= 15 is 0 Å². The summed E-state index contributed by atoms with van der Waals surface area (Å²) in [5, 5.41) is 5.43. The number of amides is 1. The van der Waals surface area contributed by atoms with Crippen LogP contribution in [0, 0.1) is 12.7 Å². The molecule has 0 aliphatic carbocycles.